The van der Waals surface area contributed by atoms with Crippen LogP contribution < -0.4 is 0 Å². The molecule has 0 N–H and O–H groups in total. The van der Waals surface area contributed by atoms with Crippen molar-refractivity contribution in [2.45, 2.75) is 133 Å². The van der Waals surface area contributed by atoms with Gasteiger partial charge in [0.05, 0.1) is 0 Å². The van der Waals surface area contributed by atoms with Gasteiger partial charge in [-0.05, 0) is 54.3 Å². The predicted molar refractivity (Wildman–Crippen MR) is 126 cm³/mol. The standard InChI is InChI=1S/C27H56/c1-10-25(19-26(15-11-21(2)3)16-12-22(4)5)20-27(17-13-23(6)7)18-14-24(8)9/h21-27H,10-20H2,1-9H3. The first-order chi connectivity index (χ1) is 12.6. The average molecular weight is 381 g/mol. The highest BCUT2D eigenvalue weighted by atomic mass is 14.3. The quantitative estimate of drug-likeness (QED) is 0.235. The van der Waals surface area contributed by atoms with Gasteiger partial charge in [0.2, 0.25) is 0 Å². The molecule has 0 radical (unpaired) electrons. The molecule has 0 rings (SSSR count). The number of rotatable bonds is 17. The Morgan fingerprint density at radius 1 is 0.370 bits per heavy atom. The van der Waals surface area contributed by atoms with Gasteiger partial charge < -0.3 is 0 Å². The fourth-order valence-electron chi connectivity index (χ4n) is 4.41. The van der Waals surface area contributed by atoms with E-state index < -0.39 is 0 Å². The highest BCUT2D eigenvalue weighted by Gasteiger charge is 2.21. The zero-order valence-electron chi connectivity index (χ0n) is 20.8. The van der Waals surface area contributed by atoms with E-state index in [4.69, 9.17) is 0 Å². The summed E-state index contributed by atoms with van der Waals surface area (Å²) in [5.74, 6) is 6.32. The minimum atomic E-state index is 0.858. The summed E-state index contributed by atoms with van der Waals surface area (Å²) in [6, 6.07) is 0. The maximum Gasteiger partial charge on any atom is -0.0411 e. The van der Waals surface area contributed by atoms with Crippen molar-refractivity contribution in [2.24, 2.45) is 41.4 Å². The van der Waals surface area contributed by atoms with Crippen LogP contribution in [0.4, 0.5) is 0 Å². The van der Waals surface area contributed by atoms with Crippen LogP contribution in [0.5, 0.6) is 0 Å². The molecular weight excluding hydrogens is 324 g/mol. The van der Waals surface area contributed by atoms with Crippen LogP contribution in [0.3, 0.4) is 0 Å². The summed E-state index contributed by atoms with van der Waals surface area (Å²) in [5.41, 5.74) is 0. The largest absolute Gasteiger partial charge is 0.0651 e. The van der Waals surface area contributed by atoms with Crippen molar-refractivity contribution in [3.63, 3.8) is 0 Å². The lowest BCUT2D eigenvalue weighted by atomic mass is 9.78. The minimum Gasteiger partial charge on any atom is -0.0651 e. The van der Waals surface area contributed by atoms with E-state index in [1.165, 1.54) is 70.6 Å². The first-order valence-corrected chi connectivity index (χ1v) is 12.6. The van der Waals surface area contributed by atoms with Crippen LogP contribution in [0.1, 0.15) is 133 Å². The van der Waals surface area contributed by atoms with Crippen LogP contribution in [0, 0.1) is 41.4 Å². The van der Waals surface area contributed by atoms with Crippen LogP contribution in [-0.4, -0.2) is 0 Å². The van der Waals surface area contributed by atoms with Crippen molar-refractivity contribution >= 4 is 0 Å². The number of hydrogen-bond acceptors (Lipinski definition) is 0. The second kappa shape index (κ2) is 15.9. The smallest absolute Gasteiger partial charge is 0.0411 e. The van der Waals surface area contributed by atoms with E-state index in [0.29, 0.717) is 0 Å². The average Bonchev–Trinajstić information content (AvgIpc) is 2.57. The molecule has 0 spiro atoms. The van der Waals surface area contributed by atoms with Gasteiger partial charge >= 0.3 is 0 Å². The zero-order valence-corrected chi connectivity index (χ0v) is 20.8. The summed E-state index contributed by atoms with van der Waals surface area (Å²) in [5, 5.41) is 0. The van der Waals surface area contributed by atoms with Crippen molar-refractivity contribution in [1.29, 1.82) is 0 Å². The molecule has 164 valence electrons. The third-order valence-electron chi connectivity index (χ3n) is 6.52. The van der Waals surface area contributed by atoms with Gasteiger partial charge in [0.15, 0.2) is 0 Å². The van der Waals surface area contributed by atoms with Crippen molar-refractivity contribution in [3.05, 3.63) is 0 Å². The molecule has 0 bridgehead atoms. The summed E-state index contributed by atoms with van der Waals surface area (Å²) in [7, 11) is 0. The van der Waals surface area contributed by atoms with Crippen LogP contribution in [-0.2, 0) is 0 Å². The Hall–Kier alpha value is 0. The van der Waals surface area contributed by atoms with Gasteiger partial charge in [-0.1, -0.05) is 120 Å². The van der Waals surface area contributed by atoms with Gasteiger partial charge in [-0.3, -0.25) is 0 Å². The minimum absolute atomic E-state index is 0.858. The summed E-state index contributed by atoms with van der Waals surface area (Å²) in [6.07, 6.45) is 15.9. The first kappa shape index (κ1) is 27.0. The molecule has 0 saturated carbocycles. The maximum absolute atomic E-state index is 2.45. The topological polar surface area (TPSA) is 0 Å². The Morgan fingerprint density at radius 3 is 0.815 bits per heavy atom. The Balaban J connectivity index is 4.77. The van der Waals surface area contributed by atoms with Crippen molar-refractivity contribution < 1.29 is 0 Å². The molecule has 0 unspecified atom stereocenters. The van der Waals surface area contributed by atoms with E-state index in [2.05, 4.69) is 62.3 Å². The molecule has 0 heteroatoms. The lowest BCUT2D eigenvalue weighted by Crippen LogP contribution is -2.15. The SMILES string of the molecule is CCC(CC(CCC(C)C)CCC(C)C)CC(CCC(C)C)CCC(C)C. The van der Waals surface area contributed by atoms with Crippen molar-refractivity contribution in [1.82, 2.24) is 0 Å². The predicted octanol–water partition coefficient (Wildman–Crippen LogP) is 9.77. The molecule has 0 aliphatic carbocycles. The van der Waals surface area contributed by atoms with E-state index in [9.17, 15) is 0 Å². The molecule has 0 saturated heterocycles. The second-order valence-corrected chi connectivity index (χ2v) is 11.4. The van der Waals surface area contributed by atoms with E-state index in [1.807, 2.05) is 0 Å². The lowest BCUT2D eigenvalue weighted by Gasteiger charge is -2.28. The molecule has 0 aliphatic rings. The molecule has 0 aromatic heterocycles. The Morgan fingerprint density at radius 2 is 0.630 bits per heavy atom. The number of hydrogen-bond donors (Lipinski definition) is 0. The third kappa shape index (κ3) is 16.6. The molecule has 0 aliphatic heterocycles. The van der Waals surface area contributed by atoms with Crippen LogP contribution in [0.15, 0.2) is 0 Å². The van der Waals surface area contributed by atoms with E-state index in [-0.39, 0.29) is 0 Å². The first-order valence-electron chi connectivity index (χ1n) is 12.6. The van der Waals surface area contributed by atoms with E-state index in [1.54, 1.807) is 0 Å². The molecular formula is C27H56. The molecule has 0 nitrogen and oxygen atoms in total. The third-order valence-corrected chi connectivity index (χ3v) is 6.52. The Bertz CT molecular complexity index is 258. The molecule has 0 amide bonds. The van der Waals surface area contributed by atoms with Crippen LogP contribution in [0.2, 0.25) is 0 Å². The second-order valence-electron chi connectivity index (χ2n) is 11.4. The normalized spacial score (nSPS) is 12.9. The summed E-state index contributed by atoms with van der Waals surface area (Å²) in [4.78, 5) is 0. The van der Waals surface area contributed by atoms with Crippen LogP contribution in [0.25, 0.3) is 0 Å². The molecule has 0 fully saturated rings. The van der Waals surface area contributed by atoms with Gasteiger partial charge in [0, 0.05) is 0 Å². The Labute approximate surface area is 174 Å². The lowest BCUT2D eigenvalue weighted by molar-refractivity contribution is 0.237. The zero-order chi connectivity index (χ0) is 20.8. The van der Waals surface area contributed by atoms with Crippen molar-refractivity contribution in [2.75, 3.05) is 0 Å². The molecule has 27 heavy (non-hydrogen) atoms. The monoisotopic (exact) mass is 380 g/mol. The van der Waals surface area contributed by atoms with Crippen molar-refractivity contribution in [3.8, 4) is 0 Å². The molecule has 0 heterocycles. The van der Waals surface area contributed by atoms with Gasteiger partial charge in [0.1, 0.15) is 0 Å². The molecule has 0 aromatic carbocycles. The van der Waals surface area contributed by atoms with Gasteiger partial charge in [0.25, 0.3) is 0 Å². The fraction of sp³-hybridized carbons (Fsp3) is 1.00. The molecule has 0 atom stereocenters. The van der Waals surface area contributed by atoms with Crippen LogP contribution >= 0.6 is 0 Å². The van der Waals surface area contributed by atoms with Gasteiger partial charge in [-0.2, -0.15) is 0 Å². The van der Waals surface area contributed by atoms with Gasteiger partial charge in [-0.25, -0.2) is 0 Å². The fourth-order valence-corrected chi connectivity index (χ4v) is 4.41. The van der Waals surface area contributed by atoms with E-state index >= 15 is 0 Å². The van der Waals surface area contributed by atoms with Gasteiger partial charge in [-0.15, -0.1) is 0 Å². The Kier molecular flexibility index (Phi) is 15.9. The highest BCUT2D eigenvalue weighted by molar-refractivity contribution is 4.73. The summed E-state index contributed by atoms with van der Waals surface area (Å²) in [6.45, 7) is 21.6. The maximum atomic E-state index is 2.45. The highest BCUT2D eigenvalue weighted by Crippen LogP contribution is 2.34. The van der Waals surface area contributed by atoms with E-state index in [0.717, 1.165) is 41.4 Å². The summed E-state index contributed by atoms with van der Waals surface area (Å²) < 4.78 is 0. The molecule has 0 aromatic rings. The summed E-state index contributed by atoms with van der Waals surface area (Å²) >= 11 is 0.